The first kappa shape index (κ1) is 24.1. The van der Waals surface area contributed by atoms with Gasteiger partial charge in [-0.1, -0.05) is 24.8 Å². The number of methoxy groups -OCH3 is 1. The summed E-state index contributed by atoms with van der Waals surface area (Å²) < 4.78 is 16.5. The van der Waals surface area contributed by atoms with Crippen LogP contribution in [0.1, 0.15) is 31.8 Å². The summed E-state index contributed by atoms with van der Waals surface area (Å²) >= 11 is 0. The number of carboxylic acid groups (broad SMARTS) is 1. The van der Waals surface area contributed by atoms with E-state index < -0.39 is 11.9 Å². The third-order valence-electron chi connectivity index (χ3n) is 4.65. The summed E-state index contributed by atoms with van der Waals surface area (Å²) in [5.41, 5.74) is 4.71. The maximum absolute atomic E-state index is 12.4. The van der Waals surface area contributed by atoms with Crippen LogP contribution in [-0.2, 0) is 6.61 Å². The van der Waals surface area contributed by atoms with Gasteiger partial charge in [-0.15, -0.1) is 0 Å². The smallest absolute Gasteiger partial charge is 0.335 e. The minimum Gasteiger partial charge on any atom is -0.493 e. The fraction of sp³-hybridized carbons (Fsp3) is 0.115. The minimum atomic E-state index is -0.965. The molecule has 3 rings (SSSR count). The van der Waals surface area contributed by atoms with Crippen molar-refractivity contribution in [3.8, 4) is 17.2 Å². The van der Waals surface area contributed by atoms with E-state index in [1.54, 1.807) is 60.7 Å². The molecule has 0 radical (unpaired) electrons. The molecule has 2 N–H and O–H groups in total. The lowest BCUT2D eigenvalue weighted by Gasteiger charge is -2.10. The summed E-state index contributed by atoms with van der Waals surface area (Å²) in [7, 11) is 1.50. The van der Waals surface area contributed by atoms with E-state index in [1.165, 1.54) is 25.5 Å². The molecule has 8 heteroatoms. The van der Waals surface area contributed by atoms with Crippen molar-refractivity contribution in [2.75, 3.05) is 13.7 Å². The molecule has 174 valence electrons. The highest BCUT2D eigenvalue weighted by Crippen LogP contribution is 2.28. The number of carboxylic acids is 1. The molecule has 34 heavy (non-hydrogen) atoms. The maximum Gasteiger partial charge on any atom is 0.335 e. The predicted molar refractivity (Wildman–Crippen MR) is 128 cm³/mol. The Hall–Kier alpha value is -4.59. The number of hydrogen-bond donors (Lipinski definition) is 2. The molecule has 3 aromatic carbocycles. The topological polar surface area (TPSA) is 106 Å². The summed E-state index contributed by atoms with van der Waals surface area (Å²) in [5, 5.41) is 12.9. The number of nitrogens with one attached hydrogen (secondary N) is 1. The molecule has 8 nitrogen and oxygen atoms in total. The predicted octanol–water partition coefficient (Wildman–Crippen LogP) is 4.30. The van der Waals surface area contributed by atoms with Crippen molar-refractivity contribution in [1.29, 1.82) is 0 Å². The quantitative estimate of drug-likeness (QED) is 0.251. The summed E-state index contributed by atoms with van der Waals surface area (Å²) in [5.74, 6) is 0.245. The molecule has 0 heterocycles. The average Bonchev–Trinajstić information content (AvgIpc) is 2.87. The van der Waals surface area contributed by atoms with E-state index in [2.05, 4.69) is 17.1 Å². The van der Waals surface area contributed by atoms with Gasteiger partial charge >= 0.3 is 5.97 Å². The Balaban J connectivity index is 1.52. The number of ether oxygens (including phenoxy) is 3. The Morgan fingerprint density at radius 2 is 1.68 bits per heavy atom. The zero-order valence-corrected chi connectivity index (χ0v) is 18.6. The molecule has 0 saturated carbocycles. The second-order valence-electron chi connectivity index (χ2n) is 7.02. The SMILES string of the molecule is C=CCOc1ccc(C(=O)N/N=C/c2ccc(OCc3ccc(C(=O)O)cc3)cc2)cc1OC. The lowest BCUT2D eigenvalue weighted by molar-refractivity contribution is 0.0696. The van der Waals surface area contributed by atoms with Crippen molar-refractivity contribution in [3.63, 3.8) is 0 Å². The van der Waals surface area contributed by atoms with Gasteiger partial charge < -0.3 is 19.3 Å². The van der Waals surface area contributed by atoms with Gasteiger partial charge in [-0.25, -0.2) is 10.2 Å². The molecular formula is C26H24N2O6. The zero-order valence-electron chi connectivity index (χ0n) is 18.6. The van der Waals surface area contributed by atoms with Gasteiger partial charge in [-0.05, 0) is 65.7 Å². The number of benzene rings is 3. The molecule has 0 atom stereocenters. The third kappa shape index (κ3) is 6.70. The second-order valence-corrected chi connectivity index (χ2v) is 7.02. The Kier molecular flexibility index (Phi) is 8.40. The summed E-state index contributed by atoms with van der Waals surface area (Å²) in [6.07, 6.45) is 3.14. The van der Waals surface area contributed by atoms with Crippen molar-refractivity contribution < 1.29 is 28.9 Å². The number of hydrazone groups is 1. The molecule has 0 aliphatic carbocycles. The Bertz CT molecular complexity index is 1170. The highest BCUT2D eigenvalue weighted by Gasteiger charge is 2.10. The number of nitrogens with zero attached hydrogens (tertiary/aromatic N) is 1. The second kappa shape index (κ2) is 11.9. The van der Waals surface area contributed by atoms with Crippen molar-refractivity contribution >= 4 is 18.1 Å². The lowest BCUT2D eigenvalue weighted by Crippen LogP contribution is -2.17. The highest BCUT2D eigenvalue weighted by atomic mass is 16.5. The number of rotatable bonds is 11. The van der Waals surface area contributed by atoms with E-state index in [9.17, 15) is 9.59 Å². The number of amides is 1. The van der Waals surface area contributed by atoms with Crippen LogP contribution in [0.4, 0.5) is 0 Å². The van der Waals surface area contributed by atoms with E-state index in [4.69, 9.17) is 19.3 Å². The fourth-order valence-corrected chi connectivity index (χ4v) is 2.87. The normalized spacial score (nSPS) is 10.5. The molecule has 0 saturated heterocycles. The minimum absolute atomic E-state index is 0.230. The summed E-state index contributed by atoms with van der Waals surface area (Å²) in [6.45, 7) is 4.24. The molecule has 0 aliphatic rings. The first-order chi connectivity index (χ1) is 16.5. The van der Waals surface area contributed by atoms with Crippen molar-refractivity contribution in [2.24, 2.45) is 5.10 Å². The average molecular weight is 460 g/mol. The van der Waals surface area contributed by atoms with Crippen molar-refractivity contribution in [2.45, 2.75) is 6.61 Å². The van der Waals surface area contributed by atoms with Crippen LogP contribution in [0.3, 0.4) is 0 Å². The van der Waals surface area contributed by atoms with Crippen molar-refractivity contribution in [1.82, 2.24) is 5.43 Å². The third-order valence-corrected chi connectivity index (χ3v) is 4.65. The van der Waals surface area contributed by atoms with Crippen LogP contribution in [0.2, 0.25) is 0 Å². The van der Waals surface area contributed by atoms with Gasteiger partial charge in [0, 0.05) is 5.56 Å². The molecule has 0 aromatic heterocycles. The Morgan fingerprint density at radius 3 is 2.32 bits per heavy atom. The van der Waals surface area contributed by atoms with Crippen LogP contribution in [0, 0.1) is 0 Å². The molecule has 1 amide bonds. The van der Waals surface area contributed by atoms with Crippen LogP contribution in [0.5, 0.6) is 17.2 Å². The number of carbonyl (C=O) groups excluding carboxylic acids is 1. The largest absolute Gasteiger partial charge is 0.493 e. The van der Waals surface area contributed by atoms with Gasteiger partial charge in [-0.2, -0.15) is 5.10 Å². The molecule has 0 aliphatic heterocycles. The number of aromatic carboxylic acids is 1. The Morgan fingerprint density at radius 1 is 0.971 bits per heavy atom. The van der Waals surface area contributed by atoms with Crippen LogP contribution < -0.4 is 19.6 Å². The first-order valence-electron chi connectivity index (χ1n) is 10.3. The van der Waals surface area contributed by atoms with Crippen LogP contribution >= 0.6 is 0 Å². The number of hydrogen-bond acceptors (Lipinski definition) is 6. The Labute approximate surface area is 197 Å². The molecular weight excluding hydrogens is 436 g/mol. The van der Waals surface area contributed by atoms with Gasteiger partial charge in [0.1, 0.15) is 19.0 Å². The molecule has 0 spiro atoms. The van der Waals surface area contributed by atoms with Gasteiger partial charge in [-0.3, -0.25) is 4.79 Å². The summed E-state index contributed by atoms with van der Waals surface area (Å²) in [6, 6.07) is 18.5. The van der Waals surface area contributed by atoms with E-state index >= 15 is 0 Å². The van der Waals surface area contributed by atoms with E-state index in [0.717, 1.165) is 11.1 Å². The maximum atomic E-state index is 12.4. The number of carbonyl (C=O) groups is 2. The molecule has 0 fully saturated rings. The first-order valence-corrected chi connectivity index (χ1v) is 10.3. The standard InChI is InChI=1S/C26H24N2O6/c1-3-14-33-23-13-10-21(15-24(23)32-2)25(29)28-27-16-18-6-11-22(12-7-18)34-17-19-4-8-20(9-5-19)26(30)31/h3-13,15-16H,1,14,17H2,2H3,(H,28,29)(H,30,31)/b27-16+. The molecule has 3 aromatic rings. The fourth-order valence-electron chi connectivity index (χ4n) is 2.87. The van der Waals surface area contributed by atoms with Crippen LogP contribution in [0.15, 0.2) is 84.5 Å². The highest BCUT2D eigenvalue weighted by molar-refractivity contribution is 5.95. The zero-order chi connectivity index (χ0) is 24.3. The van der Waals surface area contributed by atoms with Crippen molar-refractivity contribution in [3.05, 3.63) is 102 Å². The monoisotopic (exact) mass is 460 g/mol. The van der Waals surface area contributed by atoms with Gasteiger partial charge in [0.05, 0.1) is 18.9 Å². The van der Waals surface area contributed by atoms with Gasteiger partial charge in [0.25, 0.3) is 5.91 Å². The van der Waals surface area contributed by atoms with E-state index in [0.29, 0.717) is 36.0 Å². The van der Waals surface area contributed by atoms with E-state index in [1.807, 2.05) is 0 Å². The molecule has 0 bridgehead atoms. The van der Waals surface area contributed by atoms with Gasteiger partial charge in [0.15, 0.2) is 11.5 Å². The van der Waals surface area contributed by atoms with E-state index in [-0.39, 0.29) is 5.56 Å². The van der Waals surface area contributed by atoms with Gasteiger partial charge in [0.2, 0.25) is 0 Å². The molecule has 0 unspecified atom stereocenters. The van der Waals surface area contributed by atoms with Crippen LogP contribution in [0.25, 0.3) is 0 Å². The van der Waals surface area contributed by atoms with Crippen LogP contribution in [-0.4, -0.2) is 36.9 Å². The lowest BCUT2D eigenvalue weighted by atomic mass is 10.1. The summed E-state index contributed by atoms with van der Waals surface area (Å²) in [4.78, 5) is 23.3.